The standard InChI is InChI=1S/C13H20N2O.ClH/c1-2-3-4-11-5-7-12(8-6-11)15-13(16)9-10-14;/h5-8H,2-4,9-10,14H2,1H3,(H,15,16);1H. The fourth-order valence-electron chi connectivity index (χ4n) is 1.49. The smallest absolute Gasteiger partial charge is 0.225 e. The van der Waals surface area contributed by atoms with Crippen molar-refractivity contribution in [2.45, 2.75) is 32.6 Å². The van der Waals surface area contributed by atoms with Crippen LogP contribution < -0.4 is 11.1 Å². The maximum Gasteiger partial charge on any atom is 0.225 e. The molecule has 0 bridgehead atoms. The van der Waals surface area contributed by atoms with Crippen LogP contribution in [0, 0.1) is 0 Å². The molecule has 1 rings (SSSR count). The number of hydrogen-bond donors (Lipinski definition) is 2. The quantitative estimate of drug-likeness (QED) is 0.822. The Morgan fingerprint density at radius 3 is 2.47 bits per heavy atom. The summed E-state index contributed by atoms with van der Waals surface area (Å²) in [5, 5.41) is 2.81. The summed E-state index contributed by atoms with van der Waals surface area (Å²) in [6.07, 6.45) is 3.89. The van der Waals surface area contributed by atoms with Crippen molar-refractivity contribution < 1.29 is 4.79 Å². The minimum atomic E-state index is -0.0243. The molecule has 0 saturated heterocycles. The van der Waals surface area contributed by atoms with E-state index in [2.05, 4.69) is 24.4 Å². The van der Waals surface area contributed by atoms with Gasteiger partial charge in [0.1, 0.15) is 0 Å². The average molecular weight is 257 g/mol. The molecule has 3 N–H and O–H groups in total. The van der Waals surface area contributed by atoms with Gasteiger partial charge in [0.2, 0.25) is 5.91 Å². The van der Waals surface area contributed by atoms with Crippen molar-refractivity contribution in [3.8, 4) is 0 Å². The van der Waals surface area contributed by atoms with E-state index >= 15 is 0 Å². The number of nitrogens with one attached hydrogen (secondary N) is 1. The molecule has 3 nitrogen and oxygen atoms in total. The number of hydrogen-bond acceptors (Lipinski definition) is 2. The minimum Gasteiger partial charge on any atom is -0.330 e. The number of amides is 1. The van der Waals surface area contributed by atoms with Crippen molar-refractivity contribution in [3.63, 3.8) is 0 Å². The highest BCUT2D eigenvalue weighted by atomic mass is 35.5. The highest BCUT2D eigenvalue weighted by Crippen LogP contribution is 2.11. The molecule has 0 heterocycles. The van der Waals surface area contributed by atoms with Gasteiger partial charge in [0.25, 0.3) is 0 Å². The molecule has 0 fully saturated rings. The zero-order valence-corrected chi connectivity index (χ0v) is 11.1. The van der Waals surface area contributed by atoms with Crippen LogP contribution >= 0.6 is 12.4 Å². The number of benzene rings is 1. The molecule has 1 amide bonds. The lowest BCUT2D eigenvalue weighted by atomic mass is 10.1. The summed E-state index contributed by atoms with van der Waals surface area (Å²) < 4.78 is 0. The fourth-order valence-corrected chi connectivity index (χ4v) is 1.49. The fraction of sp³-hybridized carbons (Fsp3) is 0.462. The lowest BCUT2D eigenvalue weighted by Gasteiger charge is -2.05. The number of carbonyl (C=O) groups is 1. The van der Waals surface area contributed by atoms with Crippen molar-refractivity contribution in [1.29, 1.82) is 0 Å². The molecule has 0 aliphatic rings. The predicted octanol–water partition coefficient (Wildman–Crippen LogP) is 2.74. The van der Waals surface area contributed by atoms with Gasteiger partial charge in [0, 0.05) is 18.7 Å². The van der Waals surface area contributed by atoms with Crippen LogP contribution in [-0.4, -0.2) is 12.5 Å². The number of nitrogens with two attached hydrogens (primary N) is 1. The molecular formula is C13H21ClN2O. The molecule has 0 aromatic heterocycles. The van der Waals surface area contributed by atoms with Gasteiger partial charge >= 0.3 is 0 Å². The lowest BCUT2D eigenvalue weighted by Crippen LogP contribution is -2.16. The number of carbonyl (C=O) groups excluding carboxylic acids is 1. The van der Waals surface area contributed by atoms with Gasteiger partial charge in [-0.05, 0) is 30.5 Å². The maximum absolute atomic E-state index is 11.3. The first-order chi connectivity index (χ1) is 7.76. The predicted molar refractivity (Wildman–Crippen MR) is 74.6 cm³/mol. The second kappa shape index (κ2) is 9.02. The van der Waals surface area contributed by atoms with E-state index in [0.717, 1.165) is 12.1 Å². The molecule has 0 spiro atoms. The van der Waals surface area contributed by atoms with Crippen molar-refractivity contribution in [3.05, 3.63) is 29.8 Å². The van der Waals surface area contributed by atoms with Gasteiger partial charge in [-0.1, -0.05) is 25.5 Å². The van der Waals surface area contributed by atoms with Crippen LogP contribution in [0.15, 0.2) is 24.3 Å². The molecule has 4 heteroatoms. The summed E-state index contributed by atoms with van der Waals surface area (Å²) in [5.74, 6) is -0.0243. The molecule has 0 aliphatic heterocycles. The Morgan fingerprint density at radius 1 is 1.29 bits per heavy atom. The number of anilines is 1. The first-order valence-corrected chi connectivity index (χ1v) is 5.85. The Labute approximate surface area is 109 Å². The summed E-state index contributed by atoms with van der Waals surface area (Å²) in [5.41, 5.74) is 7.47. The second-order valence-corrected chi connectivity index (χ2v) is 3.89. The largest absolute Gasteiger partial charge is 0.330 e. The Bertz CT molecular complexity index is 325. The Morgan fingerprint density at radius 2 is 1.94 bits per heavy atom. The normalized spacial score (nSPS) is 9.53. The summed E-state index contributed by atoms with van der Waals surface area (Å²) in [7, 11) is 0. The van der Waals surface area contributed by atoms with Crippen LogP contribution in [0.25, 0.3) is 0 Å². The van der Waals surface area contributed by atoms with Gasteiger partial charge in [-0.2, -0.15) is 0 Å². The number of unbranched alkanes of at least 4 members (excludes halogenated alkanes) is 1. The van der Waals surface area contributed by atoms with Gasteiger partial charge in [-0.3, -0.25) is 4.79 Å². The van der Waals surface area contributed by atoms with Crippen molar-refractivity contribution in [2.24, 2.45) is 5.73 Å². The molecule has 0 radical (unpaired) electrons. The summed E-state index contributed by atoms with van der Waals surface area (Å²) in [6.45, 7) is 2.57. The molecule has 1 aromatic carbocycles. The van der Waals surface area contributed by atoms with E-state index in [0.29, 0.717) is 13.0 Å². The van der Waals surface area contributed by atoms with Crippen LogP contribution in [0.4, 0.5) is 5.69 Å². The van der Waals surface area contributed by atoms with Gasteiger partial charge < -0.3 is 11.1 Å². The highest BCUT2D eigenvalue weighted by Gasteiger charge is 2.00. The third-order valence-electron chi connectivity index (χ3n) is 2.43. The number of rotatable bonds is 6. The summed E-state index contributed by atoms with van der Waals surface area (Å²) in [4.78, 5) is 11.3. The van der Waals surface area contributed by atoms with E-state index in [-0.39, 0.29) is 18.3 Å². The lowest BCUT2D eigenvalue weighted by molar-refractivity contribution is -0.116. The van der Waals surface area contributed by atoms with Crippen molar-refractivity contribution >= 4 is 24.0 Å². The first kappa shape index (κ1) is 15.9. The van der Waals surface area contributed by atoms with Crippen LogP contribution in [0.1, 0.15) is 31.7 Å². The van der Waals surface area contributed by atoms with Gasteiger partial charge in [-0.15, -0.1) is 12.4 Å². The van der Waals surface area contributed by atoms with E-state index < -0.39 is 0 Å². The molecule has 0 aliphatic carbocycles. The van der Waals surface area contributed by atoms with E-state index in [9.17, 15) is 4.79 Å². The molecule has 17 heavy (non-hydrogen) atoms. The highest BCUT2D eigenvalue weighted by molar-refractivity contribution is 5.90. The Hall–Kier alpha value is -1.06. The van der Waals surface area contributed by atoms with Crippen LogP contribution in [-0.2, 0) is 11.2 Å². The van der Waals surface area contributed by atoms with E-state index in [1.807, 2.05) is 12.1 Å². The third kappa shape index (κ3) is 6.29. The SMILES string of the molecule is CCCCc1ccc(NC(=O)CCN)cc1.Cl. The molecule has 0 unspecified atom stereocenters. The van der Waals surface area contributed by atoms with Gasteiger partial charge in [0.15, 0.2) is 0 Å². The van der Waals surface area contributed by atoms with E-state index in [1.165, 1.54) is 18.4 Å². The molecule has 96 valence electrons. The zero-order valence-electron chi connectivity index (χ0n) is 10.2. The second-order valence-electron chi connectivity index (χ2n) is 3.89. The summed E-state index contributed by atoms with van der Waals surface area (Å²) >= 11 is 0. The van der Waals surface area contributed by atoms with Gasteiger partial charge in [-0.25, -0.2) is 0 Å². The Balaban J connectivity index is 0.00000256. The first-order valence-electron chi connectivity index (χ1n) is 5.85. The monoisotopic (exact) mass is 256 g/mol. The van der Waals surface area contributed by atoms with Crippen LogP contribution in [0.3, 0.4) is 0 Å². The van der Waals surface area contributed by atoms with Gasteiger partial charge in [0.05, 0.1) is 0 Å². The molecule has 0 atom stereocenters. The number of halogens is 1. The molecule has 0 saturated carbocycles. The Kier molecular flexibility index (Phi) is 8.46. The minimum absolute atomic E-state index is 0. The van der Waals surface area contributed by atoms with E-state index in [4.69, 9.17) is 5.73 Å². The zero-order chi connectivity index (χ0) is 11.8. The molecule has 1 aromatic rings. The number of aryl methyl sites for hydroxylation is 1. The average Bonchev–Trinajstić information content (AvgIpc) is 2.28. The van der Waals surface area contributed by atoms with Crippen molar-refractivity contribution in [1.82, 2.24) is 0 Å². The van der Waals surface area contributed by atoms with Crippen LogP contribution in [0.2, 0.25) is 0 Å². The molecular weight excluding hydrogens is 236 g/mol. The van der Waals surface area contributed by atoms with Crippen LogP contribution in [0.5, 0.6) is 0 Å². The van der Waals surface area contributed by atoms with Crippen molar-refractivity contribution in [2.75, 3.05) is 11.9 Å². The maximum atomic E-state index is 11.3. The third-order valence-corrected chi connectivity index (χ3v) is 2.43. The van der Waals surface area contributed by atoms with E-state index in [1.54, 1.807) is 0 Å². The topological polar surface area (TPSA) is 55.1 Å². The summed E-state index contributed by atoms with van der Waals surface area (Å²) in [6, 6.07) is 8.01.